The molecule has 0 saturated carbocycles. The fourth-order valence-electron chi connectivity index (χ4n) is 2.42. The van der Waals surface area contributed by atoms with Crippen LogP contribution in [-0.4, -0.2) is 46.9 Å². The number of amides is 1. The number of aliphatic hydroxyl groups excluding tert-OH is 1. The molecule has 1 atom stereocenters. The summed E-state index contributed by atoms with van der Waals surface area (Å²) in [7, 11) is 0. The molecule has 1 amide bonds. The number of rotatable bonds is 1. The first-order valence-electron chi connectivity index (χ1n) is 5.54. The molecule has 1 unspecified atom stereocenters. The van der Waals surface area contributed by atoms with Crippen molar-refractivity contribution in [1.82, 2.24) is 15.5 Å². The molecule has 2 rings (SSSR count). The lowest BCUT2D eigenvalue weighted by Gasteiger charge is -2.39. The van der Waals surface area contributed by atoms with Gasteiger partial charge in [-0.2, -0.15) is 0 Å². The summed E-state index contributed by atoms with van der Waals surface area (Å²) in [6.45, 7) is 6.14. The first-order chi connectivity index (χ1) is 7.03. The first-order valence-corrected chi connectivity index (χ1v) is 5.54. The molecule has 2 heterocycles. The maximum Gasteiger partial charge on any atom is 0.243 e. The number of nitrogens with zero attached hydrogens (tertiary/aromatic N) is 1. The van der Waals surface area contributed by atoms with Crippen molar-refractivity contribution >= 4 is 5.91 Å². The number of hydrogen-bond acceptors (Lipinski definition) is 4. The summed E-state index contributed by atoms with van der Waals surface area (Å²) < 4.78 is 0. The second kappa shape index (κ2) is 3.73. The highest BCUT2D eigenvalue weighted by molar-refractivity contribution is 5.88. The van der Waals surface area contributed by atoms with Gasteiger partial charge in [0.25, 0.3) is 0 Å². The number of aliphatic hydroxyl groups is 1. The number of nitrogens with one attached hydrogen (secondary N) is 2. The van der Waals surface area contributed by atoms with E-state index in [-0.39, 0.29) is 5.91 Å². The van der Waals surface area contributed by atoms with Crippen LogP contribution >= 0.6 is 0 Å². The molecule has 15 heavy (non-hydrogen) atoms. The molecule has 5 heteroatoms. The summed E-state index contributed by atoms with van der Waals surface area (Å²) in [6.07, 6.45) is 0.672. The van der Waals surface area contributed by atoms with E-state index in [1.54, 1.807) is 0 Å². The van der Waals surface area contributed by atoms with Gasteiger partial charge in [0, 0.05) is 19.1 Å². The molecule has 2 saturated heterocycles. The number of hydrogen-bond donors (Lipinski definition) is 3. The van der Waals surface area contributed by atoms with Crippen molar-refractivity contribution in [3.8, 4) is 0 Å². The van der Waals surface area contributed by atoms with Crippen molar-refractivity contribution in [2.45, 2.75) is 44.6 Å². The zero-order valence-electron chi connectivity index (χ0n) is 9.29. The van der Waals surface area contributed by atoms with Gasteiger partial charge in [0.2, 0.25) is 5.91 Å². The van der Waals surface area contributed by atoms with Crippen molar-refractivity contribution in [2.75, 3.05) is 13.1 Å². The molecule has 0 aromatic rings. The van der Waals surface area contributed by atoms with E-state index < -0.39 is 11.9 Å². The summed E-state index contributed by atoms with van der Waals surface area (Å²) in [4.78, 5) is 14.0. The Balaban J connectivity index is 2.00. The Hall–Kier alpha value is -0.650. The van der Waals surface area contributed by atoms with E-state index in [1.807, 2.05) is 0 Å². The van der Waals surface area contributed by atoms with Crippen molar-refractivity contribution in [1.29, 1.82) is 0 Å². The second-order valence-corrected chi connectivity index (χ2v) is 4.73. The monoisotopic (exact) mass is 213 g/mol. The van der Waals surface area contributed by atoms with Crippen molar-refractivity contribution in [2.24, 2.45) is 0 Å². The van der Waals surface area contributed by atoms with Crippen LogP contribution in [0.4, 0.5) is 0 Å². The molecule has 2 aliphatic heterocycles. The number of carbonyl (C=O) groups excluding carboxylic acids is 1. The highest BCUT2D eigenvalue weighted by atomic mass is 16.3. The van der Waals surface area contributed by atoms with Crippen LogP contribution in [-0.2, 0) is 4.79 Å². The number of carbonyl (C=O) groups is 1. The normalized spacial score (nSPS) is 31.2. The predicted molar refractivity (Wildman–Crippen MR) is 56.0 cm³/mol. The second-order valence-electron chi connectivity index (χ2n) is 4.73. The Morgan fingerprint density at radius 1 is 1.47 bits per heavy atom. The van der Waals surface area contributed by atoms with Crippen LogP contribution in [0.25, 0.3) is 0 Å². The van der Waals surface area contributed by atoms with Crippen LogP contribution in [0.2, 0.25) is 0 Å². The van der Waals surface area contributed by atoms with Gasteiger partial charge in [-0.05, 0) is 26.7 Å². The topological polar surface area (TPSA) is 64.6 Å². The lowest BCUT2D eigenvalue weighted by molar-refractivity contribution is -0.126. The molecule has 1 spiro atoms. The minimum absolute atomic E-state index is 0.0570. The average molecular weight is 213 g/mol. The van der Waals surface area contributed by atoms with Gasteiger partial charge < -0.3 is 15.3 Å². The molecular formula is C10H19N3O2. The lowest BCUT2D eigenvalue weighted by Crippen LogP contribution is -2.56. The standard InChI is InChI=1S/C10H19N3O2/c1-7(2)13-5-3-10(4-6-13)8(14)11-9(15)12-10/h7,9,12,15H,3-6H2,1-2H3,(H,11,14). The summed E-state index contributed by atoms with van der Waals surface area (Å²) in [6, 6.07) is 0.525. The number of piperidine rings is 1. The van der Waals surface area contributed by atoms with E-state index in [4.69, 9.17) is 0 Å². The maximum atomic E-state index is 11.7. The Labute approximate surface area is 89.8 Å². The van der Waals surface area contributed by atoms with Crippen molar-refractivity contribution in [3.63, 3.8) is 0 Å². The van der Waals surface area contributed by atoms with E-state index in [2.05, 4.69) is 29.4 Å². The molecule has 5 nitrogen and oxygen atoms in total. The molecule has 3 N–H and O–H groups in total. The van der Waals surface area contributed by atoms with Crippen LogP contribution < -0.4 is 10.6 Å². The fraction of sp³-hybridized carbons (Fsp3) is 0.900. The predicted octanol–water partition coefficient (Wildman–Crippen LogP) is -0.775. The fourth-order valence-corrected chi connectivity index (χ4v) is 2.42. The van der Waals surface area contributed by atoms with E-state index in [0.29, 0.717) is 6.04 Å². The summed E-state index contributed by atoms with van der Waals surface area (Å²) in [5.74, 6) is -0.0570. The van der Waals surface area contributed by atoms with Gasteiger partial charge in [-0.3, -0.25) is 10.1 Å². The molecular weight excluding hydrogens is 194 g/mol. The average Bonchev–Trinajstić information content (AvgIpc) is 2.42. The van der Waals surface area contributed by atoms with Gasteiger partial charge in [-0.1, -0.05) is 0 Å². The highest BCUT2D eigenvalue weighted by Gasteiger charge is 2.47. The Morgan fingerprint density at radius 2 is 2.07 bits per heavy atom. The smallest absolute Gasteiger partial charge is 0.243 e. The third kappa shape index (κ3) is 1.87. The van der Waals surface area contributed by atoms with Crippen LogP contribution in [0.3, 0.4) is 0 Å². The van der Waals surface area contributed by atoms with Crippen molar-refractivity contribution < 1.29 is 9.90 Å². The molecule has 86 valence electrons. The quantitative estimate of drug-likeness (QED) is 0.535. The van der Waals surface area contributed by atoms with Gasteiger partial charge in [0.05, 0.1) is 0 Å². The zero-order chi connectivity index (χ0) is 11.1. The first kappa shape index (κ1) is 10.9. The lowest BCUT2D eigenvalue weighted by atomic mass is 9.87. The van der Waals surface area contributed by atoms with Crippen LogP contribution in [0.1, 0.15) is 26.7 Å². The van der Waals surface area contributed by atoms with E-state index in [1.165, 1.54) is 0 Å². The molecule has 2 aliphatic rings. The van der Waals surface area contributed by atoms with Gasteiger partial charge in [-0.25, -0.2) is 0 Å². The molecule has 0 radical (unpaired) electrons. The van der Waals surface area contributed by atoms with E-state index >= 15 is 0 Å². The van der Waals surface area contributed by atoms with Crippen LogP contribution in [0.15, 0.2) is 0 Å². The third-order valence-corrected chi connectivity index (χ3v) is 3.50. The molecule has 0 aromatic heterocycles. The minimum atomic E-state index is -0.872. The van der Waals surface area contributed by atoms with Gasteiger partial charge >= 0.3 is 0 Å². The third-order valence-electron chi connectivity index (χ3n) is 3.50. The Kier molecular flexibility index (Phi) is 2.70. The highest BCUT2D eigenvalue weighted by Crippen LogP contribution is 2.26. The van der Waals surface area contributed by atoms with Gasteiger partial charge in [0.1, 0.15) is 5.54 Å². The molecule has 0 bridgehead atoms. The van der Waals surface area contributed by atoms with Crippen LogP contribution in [0, 0.1) is 0 Å². The van der Waals surface area contributed by atoms with Gasteiger partial charge in [0.15, 0.2) is 6.35 Å². The Bertz CT molecular complexity index is 259. The largest absolute Gasteiger partial charge is 0.361 e. The molecule has 2 fully saturated rings. The van der Waals surface area contributed by atoms with E-state index in [9.17, 15) is 9.90 Å². The van der Waals surface area contributed by atoms with Gasteiger partial charge in [-0.15, -0.1) is 0 Å². The number of likely N-dealkylation sites (tertiary alicyclic amines) is 1. The Morgan fingerprint density at radius 3 is 2.47 bits per heavy atom. The summed E-state index contributed by atoms with van der Waals surface area (Å²) in [5, 5.41) is 14.8. The summed E-state index contributed by atoms with van der Waals surface area (Å²) >= 11 is 0. The van der Waals surface area contributed by atoms with Crippen LogP contribution in [0.5, 0.6) is 0 Å². The summed E-state index contributed by atoms with van der Waals surface area (Å²) in [5.41, 5.74) is -0.523. The molecule has 0 aromatic carbocycles. The molecule has 0 aliphatic carbocycles. The van der Waals surface area contributed by atoms with Crippen molar-refractivity contribution in [3.05, 3.63) is 0 Å². The SMILES string of the molecule is CC(C)N1CCC2(CC1)NC(O)NC2=O. The zero-order valence-corrected chi connectivity index (χ0v) is 9.29. The van der Waals surface area contributed by atoms with E-state index in [0.717, 1.165) is 25.9 Å². The maximum absolute atomic E-state index is 11.7. The minimum Gasteiger partial charge on any atom is -0.361 e.